The molecule has 0 spiro atoms. The third-order valence-corrected chi connectivity index (χ3v) is 4.48. The van der Waals surface area contributed by atoms with E-state index in [0.29, 0.717) is 12.1 Å². The molecule has 0 aliphatic heterocycles. The Hall–Kier alpha value is -0.920. The number of anilines is 1. The number of aryl methyl sites for hydroxylation is 1. The molecule has 0 aliphatic carbocycles. The standard InChI is InChI=1S/C13H19BrN2O3S/c1-9-7-11(20(15,18)19)8-12(10(9)2)16-13(17)5-3-4-6-14/h7-8H,3-6H2,1-2H3,(H,16,17)(H2,15,18,19). The van der Waals surface area contributed by atoms with E-state index < -0.39 is 10.0 Å². The summed E-state index contributed by atoms with van der Waals surface area (Å²) in [5.74, 6) is -0.125. The lowest BCUT2D eigenvalue weighted by Crippen LogP contribution is -2.16. The van der Waals surface area contributed by atoms with Gasteiger partial charge < -0.3 is 5.32 Å². The molecule has 20 heavy (non-hydrogen) atoms. The van der Waals surface area contributed by atoms with Crippen molar-refractivity contribution in [1.82, 2.24) is 0 Å². The summed E-state index contributed by atoms with van der Waals surface area (Å²) in [6.45, 7) is 3.61. The zero-order valence-electron chi connectivity index (χ0n) is 11.6. The van der Waals surface area contributed by atoms with E-state index in [9.17, 15) is 13.2 Å². The predicted octanol–water partition coefficient (Wildman–Crippen LogP) is 2.45. The van der Waals surface area contributed by atoms with Gasteiger partial charge in [-0.15, -0.1) is 0 Å². The second kappa shape index (κ2) is 7.19. The normalized spacial score (nSPS) is 11.4. The number of primary sulfonamides is 1. The third-order valence-electron chi connectivity index (χ3n) is 3.03. The summed E-state index contributed by atoms with van der Waals surface area (Å²) in [6, 6.07) is 2.91. The summed E-state index contributed by atoms with van der Waals surface area (Å²) in [6.07, 6.45) is 2.11. The van der Waals surface area contributed by atoms with Gasteiger partial charge in [0.05, 0.1) is 4.90 Å². The quantitative estimate of drug-likeness (QED) is 0.601. The molecule has 0 bridgehead atoms. The number of carbonyl (C=O) groups is 1. The SMILES string of the molecule is Cc1cc(S(N)(=O)=O)cc(NC(=O)CCCCBr)c1C. The zero-order valence-corrected chi connectivity index (χ0v) is 14.0. The lowest BCUT2D eigenvalue weighted by atomic mass is 10.1. The van der Waals surface area contributed by atoms with Gasteiger partial charge in [0.2, 0.25) is 15.9 Å². The summed E-state index contributed by atoms with van der Waals surface area (Å²) in [4.78, 5) is 11.8. The summed E-state index contributed by atoms with van der Waals surface area (Å²) in [7, 11) is -3.78. The first-order chi connectivity index (χ1) is 9.25. The average Bonchev–Trinajstić information content (AvgIpc) is 2.33. The van der Waals surface area contributed by atoms with E-state index in [0.717, 1.165) is 29.3 Å². The van der Waals surface area contributed by atoms with Gasteiger partial charge in [-0.3, -0.25) is 4.79 Å². The van der Waals surface area contributed by atoms with Crippen molar-refractivity contribution in [2.24, 2.45) is 5.14 Å². The van der Waals surface area contributed by atoms with E-state index in [1.54, 1.807) is 6.92 Å². The number of nitrogens with one attached hydrogen (secondary N) is 1. The number of unbranched alkanes of at least 4 members (excludes halogenated alkanes) is 1. The van der Waals surface area contributed by atoms with Gasteiger partial charge in [0.1, 0.15) is 0 Å². The highest BCUT2D eigenvalue weighted by molar-refractivity contribution is 9.09. The molecule has 1 aromatic rings. The lowest BCUT2D eigenvalue weighted by Gasteiger charge is -2.12. The van der Waals surface area contributed by atoms with Crippen LogP contribution >= 0.6 is 15.9 Å². The Labute approximate surface area is 128 Å². The number of hydrogen-bond acceptors (Lipinski definition) is 3. The fraction of sp³-hybridized carbons (Fsp3) is 0.462. The monoisotopic (exact) mass is 362 g/mol. The predicted molar refractivity (Wildman–Crippen MR) is 83.6 cm³/mol. The maximum atomic E-state index is 11.8. The molecule has 0 fully saturated rings. The third kappa shape index (κ3) is 4.88. The molecule has 7 heteroatoms. The molecule has 5 nitrogen and oxygen atoms in total. The Balaban J connectivity index is 2.95. The van der Waals surface area contributed by atoms with Crippen molar-refractivity contribution in [1.29, 1.82) is 0 Å². The van der Waals surface area contributed by atoms with E-state index in [2.05, 4.69) is 21.2 Å². The average molecular weight is 363 g/mol. The summed E-state index contributed by atoms with van der Waals surface area (Å²) in [5.41, 5.74) is 2.11. The van der Waals surface area contributed by atoms with Crippen LogP contribution in [0.4, 0.5) is 5.69 Å². The Morgan fingerprint density at radius 1 is 1.30 bits per heavy atom. The molecule has 0 aromatic heterocycles. The minimum atomic E-state index is -3.78. The van der Waals surface area contributed by atoms with Crippen molar-refractivity contribution in [3.8, 4) is 0 Å². The Bertz CT molecular complexity index is 600. The first-order valence-electron chi connectivity index (χ1n) is 6.25. The van der Waals surface area contributed by atoms with E-state index in [1.165, 1.54) is 12.1 Å². The molecular weight excluding hydrogens is 344 g/mol. The summed E-state index contributed by atoms with van der Waals surface area (Å²) >= 11 is 3.31. The van der Waals surface area contributed by atoms with Gasteiger partial charge >= 0.3 is 0 Å². The molecule has 0 radical (unpaired) electrons. The van der Waals surface area contributed by atoms with E-state index in [4.69, 9.17) is 5.14 Å². The van der Waals surface area contributed by atoms with Crippen molar-refractivity contribution in [3.63, 3.8) is 0 Å². The number of hydrogen-bond donors (Lipinski definition) is 2. The maximum Gasteiger partial charge on any atom is 0.238 e. The highest BCUT2D eigenvalue weighted by Crippen LogP contribution is 2.23. The highest BCUT2D eigenvalue weighted by Gasteiger charge is 2.14. The second-order valence-electron chi connectivity index (χ2n) is 4.65. The molecule has 1 rings (SSSR count). The van der Waals surface area contributed by atoms with Gasteiger partial charge in [-0.2, -0.15) is 0 Å². The first kappa shape index (κ1) is 17.1. The van der Waals surface area contributed by atoms with Crippen molar-refractivity contribution < 1.29 is 13.2 Å². The molecule has 0 unspecified atom stereocenters. The second-order valence-corrected chi connectivity index (χ2v) is 7.01. The molecule has 1 amide bonds. The molecule has 0 saturated carbocycles. The molecule has 0 saturated heterocycles. The van der Waals surface area contributed by atoms with Crippen LogP contribution in [-0.4, -0.2) is 19.7 Å². The number of amides is 1. The highest BCUT2D eigenvalue weighted by atomic mass is 79.9. The van der Waals surface area contributed by atoms with Crippen molar-refractivity contribution in [2.45, 2.75) is 38.0 Å². The molecule has 0 atom stereocenters. The van der Waals surface area contributed by atoms with Crippen LogP contribution < -0.4 is 10.5 Å². The minimum absolute atomic E-state index is 0.0105. The molecular formula is C13H19BrN2O3S. The number of nitrogens with two attached hydrogens (primary N) is 1. The van der Waals surface area contributed by atoms with Crippen LogP contribution in [0.3, 0.4) is 0 Å². The van der Waals surface area contributed by atoms with Crippen LogP contribution in [0.5, 0.6) is 0 Å². The number of rotatable bonds is 6. The smallest absolute Gasteiger partial charge is 0.238 e. The Kier molecular flexibility index (Phi) is 6.16. The molecule has 1 aromatic carbocycles. The van der Waals surface area contributed by atoms with Crippen molar-refractivity contribution in [3.05, 3.63) is 23.3 Å². The van der Waals surface area contributed by atoms with Crippen LogP contribution in [0.2, 0.25) is 0 Å². The van der Waals surface area contributed by atoms with Gasteiger partial charge in [-0.1, -0.05) is 15.9 Å². The van der Waals surface area contributed by atoms with E-state index in [1.807, 2.05) is 6.92 Å². The Morgan fingerprint density at radius 3 is 2.50 bits per heavy atom. The fourth-order valence-corrected chi connectivity index (χ4v) is 2.73. The molecule has 3 N–H and O–H groups in total. The first-order valence-corrected chi connectivity index (χ1v) is 8.92. The van der Waals surface area contributed by atoms with Gasteiger partial charge in [-0.25, -0.2) is 13.6 Å². The molecule has 112 valence electrons. The number of halogens is 1. The lowest BCUT2D eigenvalue weighted by molar-refractivity contribution is -0.116. The van der Waals surface area contributed by atoms with Gasteiger partial charge in [0, 0.05) is 17.4 Å². The molecule has 0 aliphatic rings. The van der Waals surface area contributed by atoms with Crippen LogP contribution in [0.15, 0.2) is 17.0 Å². The zero-order chi connectivity index (χ0) is 15.3. The number of sulfonamides is 1. The van der Waals surface area contributed by atoms with Crippen molar-refractivity contribution in [2.75, 3.05) is 10.6 Å². The van der Waals surface area contributed by atoms with Gasteiger partial charge in [0.25, 0.3) is 0 Å². The minimum Gasteiger partial charge on any atom is -0.326 e. The van der Waals surface area contributed by atoms with Crippen LogP contribution in [-0.2, 0) is 14.8 Å². The van der Waals surface area contributed by atoms with Gasteiger partial charge in [-0.05, 0) is 49.9 Å². The number of benzene rings is 1. The fourth-order valence-electron chi connectivity index (χ4n) is 1.71. The van der Waals surface area contributed by atoms with Crippen molar-refractivity contribution >= 4 is 37.5 Å². The molecule has 0 heterocycles. The van der Waals surface area contributed by atoms with E-state index in [-0.39, 0.29) is 10.8 Å². The maximum absolute atomic E-state index is 11.8. The van der Waals surface area contributed by atoms with Crippen LogP contribution in [0.25, 0.3) is 0 Å². The summed E-state index contributed by atoms with van der Waals surface area (Å²) in [5, 5.41) is 8.74. The van der Waals surface area contributed by atoms with Crippen LogP contribution in [0.1, 0.15) is 30.4 Å². The van der Waals surface area contributed by atoms with Crippen LogP contribution in [0, 0.1) is 13.8 Å². The van der Waals surface area contributed by atoms with E-state index >= 15 is 0 Å². The van der Waals surface area contributed by atoms with Gasteiger partial charge in [0.15, 0.2) is 0 Å². The Morgan fingerprint density at radius 2 is 1.95 bits per heavy atom. The largest absolute Gasteiger partial charge is 0.326 e. The number of carbonyl (C=O) groups excluding carboxylic acids is 1. The topological polar surface area (TPSA) is 89.3 Å². The summed E-state index contributed by atoms with van der Waals surface area (Å²) < 4.78 is 22.8. The number of alkyl halides is 1.